The third-order valence-electron chi connectivity index (χ3n) is 3.83. The number of fused-ring (bicyclic) bond motifs is 3. The molecule has 3 aromatic rings. The summed E-state index contributed by atoms with van der Waals surface area (Å²) < 4.78 is 0. The van der Waals surface area contributed by atoms with Crippen LogP contribution in [0.25, 0.3) is 22.3 Å². The Bertz CT molecular complexity index is 816. The van der Waals surface area contributed by atoms with Crippen molar-refractivity contribution in [2.24, 2.45) is 0 Å². The molecule has 4 rings (SSSR count). The summed E-state index contributed by atoms with van der Waals surface area (Å²) in [6.45, 7) is 0. The second kappa shape index (κ2) is 4.17. The van der Waals surface area contributed by atoms with Gasteiger partial charge >= 0.3 is 0 Å². The summed E-state index contributed by atoms with van der Waals surface area (Å²) in [6.07, 6.45) is 0. The lowest BCUT2D eigenvalue weighted by Gasteiger charge is -2.04. The smallest absolute Gasteiger partial charge is 0.194 e. The molecule has 0 atom stereocenters. The average Bonchev–Trinajstić information content (AvgIpc) is 2.81. The Balaban J connectivity index is 1.91. The molecule has 0 unspecified atom stereocenters. The van der Waals surface area contributed by atoms with Gasteiger partial charge < -0.3 is 0 Å². The zero-order chi connectivity index (χ0) is 13.5. The van der Waals surface area contributed by atoms with E-state index >= 15 is 0 Å². The van der Waals surface area contributed by atoms with E-state index in [0.29, 0.717) is 0 Å². The normalized spacial score (nSPS) is 12.1. The number of rotatable bonds is 1. The van der Waals surface area contributed by atoms with E-state index in [1.807, 2.05) is 48.5 Å². The predicted octanol–water partition coefficient (Wildman–Crippen LogP) is 4.57. The largest absolute Gasteiger partial charge is 0.289 e. The van der Waals surface area contributed by atoms with Crippen LogP contribution >= 0.6 is 0 Å². The molecule has 1 aliphatic carbocycles. The molecule has 0 N–H and O–H groups in total. The molecule has 0 bridgehead atoms. The standard InChI is InChI=1S/C19H12O/c20-19-17-9-5-4-8-15(17)16-11-10-14(12-18(16)19)13-6-2-1-3-7-13/h1-12H. The van der Waals surface area contributed by atoms with Crippen molar-refractivity contribution in [3.05, 3.63) is 83.9 Å². The van der Waals surface area contributed by atoms with Crippen LogP contribution in [0.4, 0.5) is 0 Å². The number of benzene rings is 3. The van der Waals surface area contributed by atoms with Gasteiger partial charge in [-0.3, -0.25) is 4.79 Å². The number of ketones is 1. The number of hydrogen-bond donors (Lipinski definition) is 0. The van der Waals surface area contributed by atoms with Gasteiger partial charge in [0.05, 0.1) is 0 Å². The van der Waals surface area contributed by atoms with E-state index in [9.17, 15) is 4.79 Å². The average molecular weight is 256 g/mol. The van der Waals surface area contributed by atoms with E-state index in [1.165, 1.54) is 0 Å². The van der Waals surface area contributed by atoms with Crippen LogP contribution in [0, 0.1) is 0 Å². The summed E-state index contributed by atoms with van der Waals surface area (Å²) in [6, 6.07) is 24.1. The molecule has 0 aromatic heterocycles. The zero-order valence-corrected chi connectivity index (χ0v) is 10.8. The van der Waals surface area contributed by atoms with Gasteiger partial charge in [-0.1, -0.05) is 66.7 Å². The summed E-state index contributed by atoms with van der Waals surface area (Å²) in [4.78, 5) is 12.5. The summed E-state index contributed by atoms with van der Waals surface area (Å²) in [5.74, 6) is 0.133. The predicted molar refractivity (Wildman–Crippen MR) is 80.7 cm³/mol. The molecule has 20 heavy (non-hydrogen) atoms. The summed E-state index contributed by atoms with van der Waals surface area (Å²) >= 11 is 0. The van der Waals surface area contributed by atoms with Gasteiger partial charge in [-0.25, -0.2) is 0 Å². The lowest BCUT2D eigenvalue weighted by Crippen LogP contribution is -1.94. The third-order valence-corrected chi connectivity index (χ3v) is 3.83. The van der Waals surface area contributed by atoms with Crippen molar-refractivity contribution in [2.45, 2.75) is 0 Å². The maximum absolute atomic E-state index is 12.5. The van der Waals surface area contributed by atoms with Gasteiger partial charge in [0.1, 0.15) is 0 Å². The highest BCUT2D eigenvalue weighted by Gasteiger charge is 2.26. The van der Waals surface area contributed by atoms with Crippen molar-refractivity contribution in [3.63, 3.8) is 0 Å². The first-order valence-electron chi connectivity index (χ1n) is 6.68. The number of hydrogen-bond acceptors (Lipinski definition) is 1. The number of carbonyl (C=O) groups is 1. The van der Waals surface area contributed by atoms with Crippen LogP contribution in [0.1, 0.15) is 15.9 Å². The zero-order valence-electron chi connectivity index (χ0n) is 10.8. The highest BCUT2D eigenvalue weighted by molar-refractivity contribution is 6.22. The van der Waals surface area contributed by atoms with Gasteiger partial charge in [-0.05, 0) is 28.3 Å². The Hall–Kier alpha value is -2.67. The minimum atomic E-state index is 0.133. The van der Waals surface area contributed by atoms with E-state index < -0.39 is 0 Å². The molecule has 0 spiro atoms. The van der Waals surface area contributed by atoms with Crippen molar-refractivity contribution in [1.29, 1.82) is 0 Å². The molecule has 0 aliphatic heterocycles. The van der Waals surface area contributed by atoms with E-state index in [1.54, 1.807) is 0 Å². The highest BCUT2D eigenvalue weighted by atomic mass is 16.1. The van der Waals surface area contributed by atoms with Crippen molar-refractivity contribution < 1.29 is 4.79 Å². The van der Waals surface area contributed by atoms with Crippen molar-refractivity contribution in [1.82, 2.24) is 0 Å². The van der Waals surface area contributed by atoms with Gasteiger partial charge in [0, 0.05) is 11.1 Å². The first-order valence-corrected chi connectivity index (χ1v) is 6.68. The molecule has 3 aromatic carbocycles. The van der Waals surface area contributed by atoms with E-state index in [-0.39, 0.29) is 5.78 Å². The molecule has 0 fully saturated rings. The lowest BCUT2D eigenvalue weighted by molar-refractivity contribution is 0.104. The molecule has 0 saturated carbocycles. The fourth-order valence-corrected chi connectivity index (χ4v) is 2.84. The van der Waals surface area contributed by atoms with Gasteiger partial charge in [0.25, 0.3) is 0 Å². The topological polar surface area (TPSA) is 17.1 Å². The Morgan fingerprint density at radius 3 is 1.95 bits per heavy atom. The summed E-state index contributed by atoms with van der Waals surface area (Å²) in [7, 11) is 0. The van der Waals surface area contributed by atoms with Gasteiger partial charge in [0.15, 0.2) is 5.78 Å². The number of carbonyl (C=O) groups excluding carboxylic acids is 1. The third kappa shape index (κ3) is 1.53. The maximum Gasteiger partial charge on any atom is 0.194 e. The first kappa shape index (κ1) is 11.2. The van der Waals surface area contributed by atoms with Crippen LogP contribution in [0.5, 0.6) is 0 Å². The quantitative estimate of drug-likeness (QED) is 0.487. The molecule has 94 valence electrons. The van der Waals surface area contributed by atoms with Crippen molar-refractivity contribution in [2.75, 3.05) is 0 Å². The molecule has 0 saturated heterocycles. The van der Waals surface area contributed by atoms with Crippen molar-refractivity contribution in [3.8, 4) is 22.3 Å². The molecular formula is C19H12O. The van der Waals surface area contributed by atoms with Crippen LogP contribution in [-0.4, -0.2) is 5.78 Å². The van der Waals surface area contributed by atoms with E-state index in [0.717, 1.165) is 33.4 Å². The Labute approximate surface area is 117 Å². The Morgan fingerprint density at radius 2 is 1.15 bits per heavy atom. The monoisotopic (exact) mass is 256 g/mol. The van der Waals surface area contributed by atoms with E-state index in [4.69, 9.17) is 0 Å². The van der Waals surface area contributed by atoms with Crippen LogP contribution < -0.4 is 0 Å². The fourth-order valence-electron chi connectivity index (χ4n) is 2.84. The summed E-state index contributed by atoms with van der Waals surface area (Å²) in [5, 5.41) is 0. The molecular weight excluding hydrogens is 244 g/mol. The highest BCUT2D eigenvalue weighted by Crippen LogP contribution is 2.38. The minimum absolute atomic E-state index is 0.133. The van der Waals surface area contributed by atoms with Crippen LogP contribution in [-0.2, 0) is 0 Å². The minimum Gasteiger partial charge on any atom is -0.289 e. The Morgan fingerprint density at radius 1 is 0.500 bits per heavy atom. The second-order valence-corrected chi connectivity index (χ2v) is 5.00. The van der Waals surface area contributed by atoms with Crippen LogP contribution in [0.2, 0.25) is 0 Å². The van der Waals surface area contributed by atoms with E-state index in [2.05, 4.69) is 24.3 Å². The lowest BCUT2D eigenvalue weighted by atomic mass is 9.99. The van der Waals surface area contributed by atoms with Crippen LogP contribution in [0.3, 0.4) is 0 Å². The molecule has 0 amide bonds. The second-order valence-electron chi connectivity index (χ2n) is 5.00. The van der Waals surface area contributed by atoms with Crippen LogP contribution in [0.15, 0.2) is 72.8 Å². The SMILES string of the molecule is O=C1c2ccccc2-c2ccc(-c3ccccc3)cc21. The molecule has 1 nitrogen and oxygen atoms in total. The summed E-state index contributed by atoms with van der Waals surface area (Å²) in [5.41, 5.74) is 5.95. The van der Waals surface area contributed by atoms with Gasteiger partial charge in [0.2, 0.25) is 0 Å². The maximum atomic E-state index is 12.5. The first-order chi connectivity index (χ1) is 9.84. The van der Waals surface area contributed by atoms with Gasteiger partial charge in [-0.2, -0.15) is 0 Å². The molecule has 0 heterocycles. The molecule has 1 heteroatoms. The molecule has 1 aliphatic rings. The Kier molecular flexibility index (Phi) is 2.33. The fraction of sp³-hybridized carbons (Fsp3) is 0. The van der Waals surface area contributed by atoms with Crippen molar-refractivity contribution >= 4 is 5.78 Å². The van der Waals surface area contributed by atoms with Gasteiger partial charge in [-0.15, -0.1) is 0 Å². The molecule has 0 radical (unpaired) electrons.